The van der Waals surface area contributed by atoms with E-state index in [4.69, 9.17) is 4.74 Å². The zero-order valence-corrected chi connectivity index (χ0v) is 10.00. The zero-order valence-electron chi connectivity index (χ0n) is 10.00. The van der Waals surface area contributed by atoms with Crippen molar-refractivity contribution in [1.29, 1.82) is 0 Å². The molecule has 0 saturated carbocycles. The van der Waals surface area contributed by atoms with Crippen molar-refractivity contribution in [1.82, 2.24) is 0 Å². The molecule has 0 bridgehead atoms. The Kier molecular flexibility index (Phi) is 3.53. The summed E-state index contributed by atoms with van der Waals surface area (Å²) in [5, 5.41) is 19.0. The smallest absolute Gasteiger partial charge is 0.160 e. The Labute approximate surface area is 106 Å². The van der Waals surface area contributed by atoms with Crippen LogP contribution in [0.1, 0.15) is 11.1 Å². The summed E-state index contributed by atoms with van der Waals surface area (Å²) in [6.45, 7) is 0. The van der Waals surface area contributed by atoms with Gasteiger partial charge in [-0.15, -0.1) is 0 Å². The third-order valence-corrected chi connectivity index (χ3v) is 2.54. The maximum Gasteiger partial charge on any atom is 0.160 e. The number of hydrogen-bond donors (Lipinski definition) is 2. The number of rotatable bonds is 3. The minimum atomic E-state index is 0.107. The van der Waals surface area contributed by atoms with Gasteiger partial charge in [-0.3, -0.25) is 0 Å². The normalized spacial score (nSPS) is 10.7. The lowest BCUT2D eigenvalue weighted by molar-refractivity contribution is 0.373. The first kappa shape index (κ1) is 12.0. The number of aromatic hydroxyl groups is 2. The van der Waals surface area contributed by atoms with Crippen LogP contribution in [0.3, 0.4) is 0 Å². The van der Waals surface area contributed by atoms with Crippen molar-refractivity contribution in [2.24, 2.45) is 0 Å². The number of benzene rings is 2. The van der Waals surface area contributed by atoms with Gasteiger partial charge in [0.1, 0.15) is 5.75 Å². The monoisotopic (exact) mass is 242 g/mol. The molecule has 18 heavy (non-hydrogen) atoms. The number of methoxy groups -OCH3 is 1. The van der Waals surface area contributed by atoms with Crippen molar-refractivity contribution in [3.05, 3.63) is 53.6 Å². The molecule has 0 amide bonds. The minimum absolute atomic E-state index is 0.107. The molecule has 0 atom stereocenters. The number of phenols is 2. The molecule has 0 saturated heterocycles. The maximum atomic E-state index is 9.63. The molecule has 3 heteroatoms. The first-order valence-corrected chi connectivity index (χ1v) is 5.53. The molecule has 2 rings (SSSR count). The highest BCUT2D eigenvalue weighted by Gasteiger charge is 2.00. The molecular weight excluding hydrogens is 228 g/mol. The quantitative estimate of drug-likeness (QED) is 0.812. The van der Waals surface area contributed by atoms with Crippen LogP contribution in [-0.2, 0) is 0 Å². The first-order chi connectivity index (χ1) is 8.69. The van der Waals surface area contributed by atoms with E-state index >= 15 is 0 Å². The van der Waals surface area contributed by atoms with Crippen LogP contribution in [0.25, 0.3) is 12.2 Å². The molecule has 2 N–H and O–H groups in total. The van der Waals surface area contributed by atoms with Gasteiger partial charge < -0.3 is 14.9 Å². The fourth-order valence-corrected chi connectivity index (χ4v) is 1.63. The summed E-state index contributed by atoms with van der Waals surface area (Å²) in [5.74, 6) is 0.787. The molecule has 0 radical (unpaired) electrons. The molecular formula is C15H14O3. The highest BCUT2D eigenvalue weighted by molar-refractivity contribution is 5.71. The Hall–Kier alpha value is -2.42. The van der Waals surface area contributed by atoms with Crippen molar-refractivity contribution in [3.63, 3.8) is 0 Å². The topological polar surface area (TPSA) is 49.7 Å². The molecule has 0 heterocycles. The average Bonchev–Trinajstić information content (AvgIpc) is 2.37. The molecule has 2 aromatic carbocycles. The van der Waals surface area contributed by atoms with Crippen LogP contribution in [0.5, 0.6) is 17.2 Å². The number of hydrogen-bond acceptors (Lipinski definition) is 3. The van der Waals surface area contributed by atoms with Gasteiger partial charge in [-0.25, -0.2) is 0 Å². The van der Waals surface area contributed by atoms with Crippen LogP contribution < -0.4 is 4.74 Å². The summed E-state index contributed by atoms with van der Waals surface area (Å²) in [6, 6.07) is 12.1. The summed E-state index contributed by atoms with van der Waals surface area (Å²) in [7, 11) is 1.51. The van der Waals surface area contributed by atoms with Crippen molar-refractivity contribution < 1.29 is 14.9 Å². The van der Waals surface area contributed by atoms with Gasteiger partial charge in [-0.1, -0.05) is 30.4 Å². The molecule has 0 aliphatic heterocycles. The van der Waals surface area contributed by atoms with Crippen LogP contribution in [0, 0.1) is 0 Å². The van der Waals surface area contributed by atoms with E-state index in [1.807, 2.05) is 24.3 Å². The van der Waals surface area contributed by atoms with Crippen molar-refractivity contribution >= 4 is 12.2 Å². The van der Waals surface area contributed by atoms with Gasteiger partial charge in [0.25, 0.3) is 0 Å². The molecule has 2 aromatic rings. The Morgan fingerprint density at radius 3 is 2.28 bits per heavy atom. The minimum Gasteiger partial charge on any atom is -0.508 e. The number of ether oxygens (including phenoxy) is 1. The van der Waals surface area contributed by atoms with Crippen molar-refractivity contribution in [2.45, 2.75) is 0 Å². The van der Waals surface area contributed by atoms with Crippen LogP contribution >= 0.6 is 0 Å². The highest BCUT2D eigenvalue weighted by Crippen LogP contribution is 2.27. The third kappa shape index (κ3) is 2.83. The lowest BCUT2D eigenvalue weighted by atomic mass is 10.1. The van der Waals surface area contributed by atoms with Crippen molar-refractivity contribution in [2.75, 3.05) is 7.11 Å². The standard InChI is InChI=1S/C15H14O3/c1-18-15-8-7-12(10-14(15)17)6-5-11-3-2-4-13(16)9-11/h2-10,16-17H,1H3/b6-5+. The molecule has 0 unspecified atom stereocenters. The second kappa shape index (κ2) is 5.27. The van der Waals surface area contributed by atoms with E-state index < -0.39 is 0 Å². The van der Waals surface area contributed by atoms with Gasteiger partial charge >= 0.3 is 0 Å². The van der Waals surface area contributed by atoms with Crippen LogP contribution in [-0.4, -0.2) is 17.3 Å². The van der Waals surface area contributed by atoms with Crippen LogP contribution in [0.15, 0.2) is 42.5 Å². The SMILES string of the molecule is COc1ccc(/C=C/c2cccc(O)c2)cc1O. The van der Waals surface area contributed by atoms with E-state index in [1.54, 1.807) is 30.3 Å². The van der Waals surface area contributed by atoms with Gasteiger partial charge in [0.2, 0.25) is 0 Å². The first-order valence-electron chi connectivity index (χ1n) is 5.53. The Morgan fingerprint density at radius 2 is 1.67 bits per heavy atom. The molecule has 0 aromatic heterocycles. The molecule has 0 aliphatic carbocycles. The zero-order chi connectivity index (χ0) is 13.0. The third-order valence-electron chi connectivity index (χ3n) is 2.54. The van der Waals surface area contributed by atoms with E-state index in [0.29, 0.717) is 5.75 Å². The Bertz CT molecular complexity index is 574. The second-order valence-corrected chi connectivity index (χ2v) is 3.86. The van der Waals surface area contributed by atoms with Gasteiger partial charge in [-0.2, -0.15) is 0 Å². The van der Waals surface area contributed by atoms with Crippen LogP contribution in [0.2, 0.25) is 0 Å². The summed E-state index contributed by atoms with van der Waals surface area (Å²) < 4.78 is 4.97. The van der Waals surface area contributed by atoms with Crippen molar-refractivity contribution in [3.8, 4) is 17.2 Å². The van der Waals surface area contributed by atoms with E-state index in [2.05, 4.69) is 0 Å². The van der Waals surface area contributed by atoms with Crippen LogP contribution in [0.4, 0.5) is 0 Å². The summed E-state index contributed by atoms with van der Waals surface area (Å²) in [4.78, 5) is 0. The Balaban J connectivity index is 2.21. The molecule has 0 aliphatic rings. The predicted molar refractivity (Wildman–Crippen MR) is 71.7 cm³/mol. The highest BCUT2D eigenvalue weighted by atomic mass is 16.5. The van der Waals surface area contributed by atoms with Gasteiger partial charge in [-0.05, 0) is 35.4 Å². The van der Waals surface area contributed by atoms with Gasteiger partial charge in [0.15, 0.2) is 11.5 Å². The molecule has 0 fully saturated rings. The Morgan fingerprint density at radius 1 is 0.944 bits per heavy atom. The summed E-state index contributed by atoms with van der Waals surface area (Å²) in [6.07, 6.45) is 3.72. The largest absolute Gasteiger partial charge is 0.508 e. The fraction of sp³-hybridized carbons (Fsp3) is 0.0667. The molecule has 0 spiro atoms. The van der Waals surface area contributed by atoms with E-state index in [0.717, 1.165) is 11.1 Å². The molecule has 92 valence electrons. The predicted octanol–water partition coefficient (Wildman–Crippen LogP) is 3.28. The van der Waals surface area contributed by atoms with E-state index in [9.17, 15) is 10.2 Å². The van der Waals surface area contributed by atoms with Gasteiger partial charge in [0, 0.05) is 0 Å². The van der Waals surface area contributed by atoms with Gasteiger partial charge in [0.05, 0.1) is 7.11 Å². The number of phenolic OH excluding ortho intramolecular Hbond substituents is 2. The van der Waals surface area contributed by atoms with E-state index in [-0.39, 0.29) is 11.5 Å². The molecule has 3 nitrogen and oxygen atoms in total. The summed E-state index contributed by atoms with van der Waals surface area (Å²) >= 11 is 0. The maximum absolute atomic E-state index is 9.63. The second-order valence-electron chi connectivity index (χ2n) is 3.86. The average molecular weight is 242 g/mol. The lowest BCUT2D eigenvalue weighted by Gasteiger charge is -2.03. The fourth-order valence-electron chi connectivity index (χ4n) is 1.63. The lowest BCUT2D eigenvalue weighted by Crippen LogP contribution is -1.83. The van der Waals surface area contributed by atoms with E-state index in [1.165, 1.54) is 7.11 Å². The summed E-state index contributed by atoms with van der Waals surface area (Å²) in [5.41, 5.74) is 1.75.